The Hall–Kier alpha value is -7.20. The third kappa shape index (κ3) is 5.33. The molecule has 0 atom stereocenters. The van der Waals surface area contributed by atoms with Crippen molar-refractivity contribution in [3.8, 4) is 39.1 Å². The third-order valence-corrected chi connectivity index (χ3v) is 14.0. The second-order valence-electron chi connectivity index (χ2n) is 16.5. The lowest BCUT2D eigenvalue weighted by atomic mass is 9.81. The van der Waals surface area contributed by atoms with Crippen LogP contribution < -0.4 is 4.90 Å². The lowest BCUT2D eigenvalue weighted by molar-refractivity contribution is 0.660. The molecule has 0 aliphatic heterocycles. The number of fused-ring (bicyclic) bond motifs is 10. The molecule has 0 unspecified atom stereocenters. The summed E-state index contributed by atoms with van der Waals surface area (Å²) in [4.78, 5) is 2.36. The van der Waals surface area contributed by atoms with E-state index in [0.717, 1.165) is 17.1 Å². The number of benzene rings is 9. The van der Waals surface area contributed by atoms with E-state index >= 15 is 0 Å². The molecule has 0 N–H and O–H groups in total. The summed E-state index contributed by atoms with van der Waals surface area (Å²) >= 11 is 1.90. The largest absolute Gasteiger partial charge is 0.310 e. The van der Waals surface area contributed by atoms with Gasteiger partial charge in [-0.15, -0.1) is 11.3 Å². The maximum atomic E-state index is 2.48. The van der Waals surface area contributed by atoms with E-state index in [1.54, 1.807) is 0 Å². The zero-order valence-corrected chi connectivity index (χ0v) is 34.2. The Balaban J connectivity index is 0.988. The number of nitrogens with zero attached hydrogens (tertiary/aromatic N) is 2. The highest BCUT2D eigenvalue weighted by molar-refractivity contribution is 7.26. The Labute approximate surface area is 353 Å². The molecule has 1 aliphatic rings. The maximum absolute atomic E-state index is 2.48. The standard InChI is InChI=1S/C57H40N2S/c1-57(2)51-35-40(23-27-45(51)46-28-26-44(36-52(46)57)58(41-17-9-4-10-18-41)42-19-11-5-12-20-42)39-24-31-53-49(33-39)47-29-30-48-50-34-38(37-15-7-3-8-16-37)25-32-54(50)60-56(48)55(47)59(53)43-21-13-6-14-22-43/h3-36H,1-2H3. The Kier molecular flexibility index (Phi) is 7.79. The zero-order valence-electron chi connectivity index (χ0n) is 33.4. The van der Waals surface area contributed by atoms with E-state index in [1.165, 1.54) is 92.2 Å². The molecule has 2 nitrogen and oxygen atoms in total. The predicted molar refractivity (Wildman–Crippen MR) is 257 cm³/mol. The SMILES string of the molecule is CC1(C)c2cc(-c3ccc4c(c3)c3ccc5c6cc(-c7ccccc7)ccc6sc5c3n4-c3ccccc3)ccc2-c2ccc(N(c3ccccc3)c3ccccc3)cc21. The molecule has 3 heteroatoms. The van der Waals surface area contributed by atoms with Crippen molar-refractivity contribution in [3.63, 3.8) is 0 Å². The van der Waals surface area contributed by atoms with E-state index < -0.39 is 0 Å². The van der Waals surface area contributed by atoms with Gasteiger partial charge >= 0.3 is 0 Å². The molecule has 9 aromatic carbocycles. The summed E-state index contributed by atoms with van der Waals surface area (Å²) in [5.41, 5.74) is 17.3. The van der Waals surface area contributed by atoms with Crippen LogP contribution >= 0.6 is 11.3 Å². The average molecular weight is 785 g/mol. The first-order valence-electron chi connectivity index (χ1n) is 20.8. The number of thiophene rings is 1. The molecule has 12 rings (SSSR count). The number of hydrogen-bond acceptors (Lipinski definition) is 2. The van der Waals surface area contributed by atoms with E-state index in [9.17, 15) is 0 Å². The van der Waals surface area contributed by atoms with Gasteiger partial charge in [0.15, 0.2) is 0 Å². The summed E-state index contributed by atoms with van der Waals surface area (Å²) in [6.45, 7) is 4.77. The van der Waals surface area contributed by atoms with Gasteiger partial charge < -0.3 is 9.47 Å². The van der Waals surface area contributed by atoms with E-state index in [-0.39, 0.29) is 5.41 Å². The van der Waals surface area contributed by atoms with Crippen molar-refractivity contribution in [1.29, 1.82) is 0 Å². The van der Waals surface area contributed by atoms with Crippen molar-refractivity contribution < 1.29 is 0 Å². The van der Waals surface area contributed by atoms with Gasteiger partial charge in [0.2, 0.25) is 0 Å². The summed E-state index contributed by atoms with van der Waals surface area (Å²) in [6.07, 6.45) is 0. The fourth-order valence-corrected chi connectivity index (χ4v) is 11.0. The fraction of sp³-hybridized carbons (Fsp3) is 0.0526. The van der Waals surface area contributed by atoms with Crippen LogP contribution in [0, 0.1) is 0 Å². The van der Waals surface area contributed by atoms with Crippen molar-refractivity contribution in [3.05, 3.63) is 217 Å². The molecule has 2 heterocycles. The Morgan fingerprint density at radius 3 is 1.68 bits per heavy atom. The van der Waals surface area contributed by atoms with Gasteiger partial charge in [-0.1, -0.05) is 141 Å². The van der Waals surface area contributed by atoms with E-state index in [2.05, 4.69) is 230 Å². The lowest BCUT2D eigenvalue weighted by Crippen LogP contribution is -2.16. The molecular formula is C57H40N2S. The fourth-order valence-electron chi connectivity index (χ4n) is 9.81. The predicted octanol–water partition coefficient (Wildman–Crippen LogP) is 16.3. The molecule has 2 aromatic heterocycles. The molecule has 0 saturated heterocycles. The molecule has 0 amide bonds. The molecule has 0 saturated carbocycles. The molecule has 0 fully saturated rings. The Morgan fingerprint density at radius 2 is 0.967 bits per heavy atom. The topological polar surface area (TPSA) is 8.17 Å². The number of para-hydroxylation sites is 3. The van der Waals surface area contributed by atoms with Crippen LogP contribution in [0.15, 0.2) is 206 Å². The summed E-state index contributed by atoms with van der Waals surface area (Å²) in [6, 6.07) is 75.8. The first kappa shape index (κ1) is 34.8. The van der Waals surface area contributed by atoms with Crippen molar-refractivity contribution in [2.45, 2.75) is 19.3 Å². The molecular weight excluding hydrogens is 745 g/mol. The van der Waals surface area contributed by atoms with Gasteiger partial charge in [0.25, 0.3) is 0 Å². The van der Waals surface area contributed by atoms with Crippen LogP contribution in [0.5, 0.6) is 0 Å². The van der Waals surface area contributed by atoms with Crippen LogP contribution in [0.2, 0.25) is 0 Å². The van der Waals surface area contributed by atoms with Crippen LogP contribution in [-0.4, -0.2) is 4.57 Å². The summed E-state index contributed by atoms with van der Waals surface area (Å²) in [5, 5.41) is 5.16. The molecule has 284 valence electrons. The van der Waals surface area contributed by atoms with Gasteiger partial charge in [-0.05, 0) is 123 Å². The molecule has 1 aliphatic carbocycles. The van der Waals surface area contributed by atoms with Crippen molar-refractivity contribution in [2.75, 3.05) is 4.90 Å². The van der Waals surface area contributed by atoms with Gasteiger partial charge in [0.05, 0.1) is 15.7 Å². The number of hydrogen-bond donors (Lipinski definition) is 0. The molecule has 0 spiro atoms. The highest BCUT2D eigenvalue weighted by Crippen LogP contribution is 2.52. The number of anilines is 3. The quantitative estimate of drug-likeness (QED) is 0.163. The van der Waals surface area contributed by atoms with Crippen molar-refractivity contribution in [2.24, 2.45) is 0 Å². The molecule has 60 heavy (non-hydrogen) atoms. The van der Waals surface area contributed by atoms with Crippen LogP contribution in [0.4, 0.5) is 17.1 Å². The van der Waals surface area contributed by atoms with Gasteiger partial charge in [0, 0.05) is 54.4 Å². The Bertz CT molecular complexity index is 3390. The smallest absolute Gasteiger partial charge is 0.0719 e. The van der Waals surface area contributed by atoms with E-state index in [0.29, 0.717) is 0 Å². The minimum atomic E-state index is -0.184. The van der Waals surface area contributed by atoms with Crippen molar-refractivity contribution >= 4 is 70.4 Å². The van der Waals surface area contributed by atoms with Gasteiger partial charge in [0.1, 0.15) is 0 Å². The van der Waals surface area contributed by atoms with Gasteiger partial charge in [-0.3, -0.25) is 0 Å². The minimum Gasteiger partial charge on any atom is -0.310 e. The van der Waals surface area contributed by atoms with Crippen molar-refractivity contribution in [1.82, 2.24) is 4.57 Å². The van der Waals surface area contributed by atoms with Crippen LogP contribution in [0.1, 0.15) is 25.0 Å². The second-order valence-corrected chi connectivity index (χ2v) is 17.6. The first-order chi connectivity index (χ1) is 29.5. The van der Waals surface area contributed by atoms with Gasteiger partial charge in [-0.2, -0.15) is 0 Å². The van der Waals surface area contributed by atoms with Crippen LogP contribution in [0.25, 0.3) is 81.0 Å². The summed E-state index contributed by atoms with van der Waals surface area (Å²) < 4.78 is 5.12. The lowest BCUT2D eigenvalue weighted by Gasteiger charge is -2.28. The minimum absolute atomic E-state index is 0.184. The summed E-state index contributed by atoms with van der Waals surface area (Å²) in [7, 11) is 0. The maximum Gasteiger partial charge on any atom is 0.0719 e. The molecule has 0 bridgehead atoms. The molecule has 11 aromatic rings. The zero-order chi connectivity index (χ0) is 40.0. The van der Waals surface area contributed by atoms with E-state index in [4.69, 9.17) is 0 Å². The highest BCUT2D eigenvalue weighted by Gasteiger charge is 2.36. The second kappa shape index (κ2) is 13.4. The number of rotatable bonds is 6. The Morgan fingerprint density at radius 1 is 0.417 bits per heavy atom. The third-order valence-electron chi connectivity index (χ3n) is 12.8. The molecule has 0 radical (unpaired) electrons. The monoisotopic (exact) mass is 784 g/mol. The first-order valence-corrected chi connectivity index (χ1v) is 21.6. The van der Waals surface area contributed by atoms with Gasteiger partial charge in [-0.25, -0.2) is 0 Å². The van der Waals surface area contributed by atoms with Crippen LogP contribution in [0.3, 0.4) is 0 Å². The normalized spacial score (nSPS) is 13.0. The number of aromatic nitrogens is 1. The highest BCUT2D eigenvalue weighted by atomic mass is 32.1. The van der Waals surface area contributed by atoms with E-state index in [1.807, 2.05) is 11.3 Å². The summed E-state index contributed by atoms with van der Waals surface area (Å²) in [5.74, 6) is 0. The van der Waals surface area contributed by atoms with Crippen LogP contribution in [-0.2, 0) is 5.41 Å². The average Bonchev–Trinajstić information content (AvgIpc) is 3.92.